The van der Waals surface area contributed by atoms with Gasteiger partial charge in [-0.3, -0.25) is 21.2 Å². The molecule has 0 amide bonds. The minimum Gasteiger partial charge on any atom is -0.271 e. The molecule has 0 spiro atoms. The minimum atomic E-state index is 0.108. The summed E-state index contributed by atoms with van der Waals surface area (Å²) in [5.74, 6) is 5.78. The Morgan fingerprint density at radius 2 is 1.90 bits per heavy atom. The zero-order chi connectivity index (χ0) is 14.5. The molecule has 0 saturated carbocycles. The Balaban J connectivity index is 1.85. The van der Waals surface area contributed by atoms with Gasteiger partial charge in [-0.1, -0.05) is 24.3 Å². The first kappa shape index (κ1) is 13.7. The summed E-state index contributed by atoms with van der Waals surface area (Å²) in [6, 6.07) is 12.4. The molecule has 106 valence electrons. The fourth-order valence-electron chi connectivity index (χ4n) is 2.64. The van der Waals surface area contributed by atoms with E-state index in [1.807, 2.05) is 36.8 Å². The van der Waals surface area contributed by atoms with Crippen molar-refractivity contribution in [3.63, 3.8) is 0 Å². The Labute approximate surface area is 124 Å². The van der Waals surface area contributed by atoms with Gasteiger partial charge in [-0.2, -0.15) is 0 Å². The molecule has 0 aliphatic carbocycles. The largest absolute Gasteiger partial charge is 0.271 e. The maximum atomic E-state index is 5.78. The highest BCUT2D eigenvalue weighted by atomic mass is 15.2. The van der Waals surface area contributed by atoms with E-state index in [1.54, 1.807) is 6.20 Å². The molecule has 2 aromatic heterocycles. The molecular formula is C17H18N4. The van der Waals surface area contributed by atoms with Crippen molar-refractivity contribution in [1.29, 1.82) is 0 Å². The molecule has 4 nitrogen and oxygen atoms in total. The molecule has 21 heavy (non-hydrogen) atoms. The number of aromatic nitrogens is 2. The smallest absolute Gasteiger partial charge is 0.0469 e. The highest BCUT2D eigenvalue weighted by Gasteiger charge is 2.12. The van der Waals surface area contributed by atoms with E-state index in [0.717, 1.165) is 18.2 Å². The summed E-state index contributed by atoms with van der Waals surface area (Å²) in [5, 5.41) is 2.33. The molecule has 0 radical (unpaired) electrons. The third-order valence-corrected chi connectivity index (χ3v) is 3.74. The van der Waals surface area contributed by atoms with Crippen molar-refractivity contribution in [3.8, 4) is 0 Å². The Kier molecular flexibility index (Phi) is 4.19. The zero-order valence-corrected chi connectivity index (χ0v) is 11.7. The lowest BCUT2D eigenvalue weighted by Gasteiger charge is -2.18. The molecule has 1 aromatic carbocycles. The number of hydrogen-bond acceptors (Lipinski definition) is 4. The van der Waals surface area contributed by atoms with Gasteiger partial charge in [-0.05, 0) is 41.5 Å². The number of hydrazine groups is 1. The van der Waals surface area contributed by atoms with Crippen molar-refractivity contribution in [2.75, 3.05) is 0 Å². The summed E-state index contributed by atoms with van der Waals surface area (Å²) < 4.78 is 0. The van der Waals surface area contributed by atoms with Gasteiger partial charge in [0.25, 0.3) is 0 Å². The summed E-state index contributed by atoms with van der Waals surface area (Å²) in [6.07, 6.45) is 9.25. The molecule has 1 unspecified atom stereocenters. The predicted molar refractivity (Wildman–Crippen MR) is 84.4 cm³/mol. The summed E-state index contributed by atoms with van der Waals surface area (Å²) in [4.78, 5) is 8.32. The summed E-state index contributed by atoms with van der Waals surface area (Å²) in [6.45, 7) is 0. The van der Waals surface area contributed by atoms with Crippen LogP contribution in [0.1, 0.15) is 23.6 Å². The second kappa shape index (κ2) is 6.43. The lowest BCUT2D eigenvalue weighted by Crippen LogP contribution is -2.28. The molecule has 0 aliphatic rings. The van der Waals surface area contributed by atoms with Crippen LogP contribution in [0, 0.1) is 0 Å². The van der Waals surface area contributed by atoms with Crippen LogP contribution < -0.4 is 11.3 Å². The lowest BCUT2D eigenvalue weighted by atomic mass is 9.96. The maximum absolute atomic E-state index is 5.78. The Morgan fingerprint density at radius 3 is 2.71 bits per heavy atom. The van der Waals surface area contributed by atoms with E-state index in [4.69, 9.17) is 5.84 Å². The van der Waals surface area contributed by atoms with Crippen molar-refractivity contribution in [2.45, 2.75) is 18.9 Å². The third-order valence-electron chi connectivity index (χ3n) is 3.74. The van der Waals surface area contributed by atoms with Crippen molar-refractivity contribution in [1.82, 2.24) is 15.4 Å². The van der Waals surface area contributed by atoms with Gasteiger partial charge in [0.05, 0.1) is 0 Å². The van der Waals surface area contributed by atoms with Gasteiger partial charge in [0.2, 0.25) is 0 Å². The second-order valence-corrected chi connectivity index (χ2v) is 5.06. The Morgan fingerprint density at radius 1 is 1.00 bits per heavy atom. The van der Waals surface area contributed by atoms with Gasteiger partial charge in [0.1, 0.15) is 0 Å². The number of aryl methyl sites for hydroxylation is 1. The molecule has 0 bridgehead atoms. The fraction of sp³-hybridized carbons (Fsp3) is 0.176. The van der Waals surface area contributed by atoms with E-state index in [0.29, 0.717) is 0 Å². The number of nitrogens with zero attached hydrogens (tertiary/aromatic N) is 2. The quantitative estimate of drug-likeness (QED) is 0.556. The van der Waals surface area contributed by atoms with E-state index in [2.05, 4.69) is 33.6 Å². The third kappa shape index (κ3) is 3.07. The SMILES string of the molecule is NNC(CCc1cccnc1)c1cccc2cnccc12. The van der Waals surface area contributed by atoms with Gasteiger partial charge >= 0.3 is 0 Å². The van der Waals surface area contributed by atoms with Crippen LogP contribution in [0.5, 0.6) is 0 Å². The Hall–Kier alpha value is -2.30. The summed E-state index contributed by atoms with van der Waals surface area (Å²) >= 11 is 0. The highest BCUT2D eigenvalue weighted by Crippen LogP contribution is 2.26. The van der Waals surface area contributed by atoms with Gasteiger partial charge < -0.3 is 0 Å². The second-order valence-electron chi connectivity index (χ2n) is 5.06. The van der Waals surface area contributed by atoms with Crippen LogP contribution in [-0.2, 0) is 6.42 Å². The van der Waals surface area contributed by atoms with Crippen molar-refractivity contribution < 1.29 is 0 Å². The standard InChI is InChI=1S/C17H18N4/c18-21-17(7-6-13-3-2-9-19-11-13)16-5-1-4-14-12-20-10-8-15(14)16/h1-5,8-12,17,21H,6-7,18H2. The molecular weight excluding hydrogens is 260 g/mol. The molecule has 1 atom stereocenters. The number of rotatable bonds is 5. The number of fused-ring (bicyclic) bond motifs is 1. The van der Waals surface area contributed by atoms with Gasteiger partial charge in [0, 0.05) is 36.2 Å². The highest BCUT2D eigenvalue weighted by molar-refractivity contribution is 5.85. The lowest BCUT2D eigenvalue weighted by molar-refractivity contribution is 0.519. The van der Waals surface area contributed by atoms with E-state index in [-0.39, 0.29) is 6.04 Å². The van der Waals surface area contributed by atoms with Crippen molar-refractivity contribution >= 4 is 10.8 Å². The van der Waals surface area contributed by atoms with Crippen LogP contribution in [-0.4, -0.2) is 9.97 Å². The van der Waals surface area contributed by atoms with Gasteiger partial charge in [-0.25, -0.2) is 0 Å². The maximum Gasteiger partial charge on any atom is 0.0469 e. The van der Waals surface area contributed by atoms with Gasteiger partial charge in [0.15, 0.2) is 0 Å². The number of benzene rings is 1. The minimum absolute atomic E-state index is 0.108. The van der Waals surface area contributed by atoms with Crippen molar-refractivity contribution in [3.05, 3.63) is 72.3 Å². The summed E-state index contributed by atoms with van der Waals surface area (Å²) in [7, 11) is 0. The van der Waals surface area contributed by atoms with E-state index >= 15 is 0 Å². The van der Waals surface area contributed by atoms with Crippen LogP contribution in [0.3, 0.4) is 0 Å². The molecule has 0 saturated heterocycles. The van der Waals surface area contributed by atoms with E-state index in [9.17, 15) is 0 Å². The number of pyridine rings is 2. The molecule has 0 fully saturated rings. The number of hydrogen-bond donors (Lipinski definition) is 2. The Bertz CT molecular complexity index is 707. The predicted octanol–water partition coefficient (Wildman–Crippen LogP) is 2.77. The molecule has 4 heteroatoms. The average molecular weight is 278 g/mol. The topological polar surface area (TPSA) is 63.8 Å². The number of nitrogens with one attached hydrogen (secondary N) is 1. The fourth-order valence-corrected chi connectivity index (χ4v) is 2.64. The first-order valence-corrected chi connectivity index (χ1v) is 7.06. The van der Waals surface area contributed by atoms with E-state index in [1.165, 1.54) is 16.5 Å². The van der Waals surface area contributed by atoms with Gasteiger partial charge in [-0.15, -0.1) is 0 Å². The zero-order valence-electron chi connectivity index (χ0n) is 11.7. The van der Waals surface area contributed by atoms with E-state index < -0.39 is 0 Å². The van der Waals surface area contributed by atoms with Crippen LogP contribution in [0.15, 0.2) is 61.2 Å². The average Bonchev–Trinajstić information content (AvgIpc) is 2.56. The van der Waals surface area contributed by atoms with Crippen molar-refractivity contribution in [2.24, 2.45) is 5.84 Å². The first-order chi connectivity index (χ1) is 10.4. The monoisotopic (exact) mass is 278 g/mol. The van der Waals surface area contributed by atoms with Crippen LogP contribution in [0.25, 0.3) is 10.8 Å². The van der Waals surface area contributed by atoms with Crippen LogP contribution in [0.2, 0.25) is 0 Å². The van der Waals surface area contributed by atoms with Crippen LogP contribution >= 0.6 is 0 Å². The molecule has 3 aromatic rings. The molecule has 0 aliphatic heterocycles. The molecule has 3 N–H and O–H groups in total. The summed E-state index contributed by atoms with van der Waals surface area (Å²) in [5.41, 5.74) is 5.37. The first-order valence-electron chi connectivity index (χ1n) is 7.06. The number of nitrogens with two attached hydrogens (primary N) is 1. The normalized spacial score (nSPS) is 12.4. The molecule has 3 rings (SSSR count). The molecule has 2 heterocycles. The van der Waals surface area contributed by atoms with Crippen LogP contribution in [0.4, 0.5) is 0 Å².